The first-order valence-electron chi connectivity index (χ1n) is 7.86. The van der Waals surface area contributed by atoms with Gasteiger partial charge in [-0.25, -0.2) is 13.2 Å². The van der Waals surface area contributed by atoms with Gasteiger partial charge in [0, 0.05) is 16.3 Å². The number of benzene rings is 2. The zero-order valence-corrected chi connectivity index (χ0v) is 14.5. The molecule has 0 fully saturated rings. The van der Waals surface area contributed by atoms with Crippen molar-refractivity contribution in [2.45, 2.75) is 4.90 Å². The van der Waals surface area contributed by atoms with Gasteiger partial charge in [-0.2, -0.15) is 0 Å². The molecule has 4 N–H and O–H groups in total. The summed E-state index contributed by atoms with van der Waals surface area (Å²) >= 11 is 0. The summed E-state index contributed by atoms with van der Waals surface area (Å²) in [5, 5.41) is 10.3. The number of sulfonamides is 1. The van der Waals surface area contributed by atoms with E-state index < -0.39 is 21.6 Å². The van der Waals surface area contributed by atoms with Crippen molar-refractivity contribution >= 4 is 43.6 Å². The van der Waals surface area contributed by atoms with Crippen LogP contribution in [0.25, 0.3) is 21.8 Å². The number of para-hydroxylation sites is 1. The lowest BCUT2D eigenvalue weighted by molar-refractivity contribution is 0.0700. The molecule has 0 radical (unpaired) electrons. The number of hydrogen-bond donors (Lipinski definition) is 4. The number of aromatic carboxylic acids is 1. The first kappa shape index (κ1) is 16.9. The second-order valence-corrected chi connectivity index (χ2v) is 7.53. The number of carboxylic acids is 1. The normalized spacial score (nSPS) is 11.7. The molecule has 0 aliphatic carbocycles. The van der Waals surface area contributed by atoms with E-state index in [4.69, 9.17) is 0 Å². The molecule has 0 amide bonds. The van der Waals surface area contributed by atoms with E-state index in [0.717, 1.165) is 0 Å². The molecule has 0 aliphatic heterocycles. The van der Waals surface area contributed by atoms with Crippen LogP contribution in [0.3, 0.4) is 0 Å². The van der Waals surface area contributed by atoms with E-state index in [2.05, 4.69) is 14.7 Å². The van der Waals surface area contributed by atoms with Gasteiger partial charge in [0.15, 0.2) is 0 Å². The second kappa shape index (κ2) is 5.99. The number of carbonyl (C=O) groups is 1. The van der Waals surface area contributed by atoms with Gasteiger partial charge < -0.3 is 15.1 Å². The first-order valence-corrected chi connectivity index (χ1v) is 9.34. The molecular formula is C18H13N3O5S. The van der Waals surface area contributed by atoms with Crippen LogP contribution in [0, 0.1) is 0 Å². The molecule has 0 saturated heterocycles. The van der Waals surface area contributed by atoms with Crippen molar-refractivity contribution in [1.29, 1.82) is 0 Å². The Morgan fingerprint density at radius 1 is 0.963 bits per heavy atom. The summed E-state index contributed by atoms with van der Waals surface area (Å²) < 4.78 is 27.4. The summed E-state index contributed by atoms with van der Waals surface area (Å²) in [6.45, 7) is 0. The molecule has 9 heteroatoms. The maximum atomic E-state index is 12.6. The summed E-state index contributed by atoms with van der Waals surface area (Å²) in [6.07, 6.45) is 0. The third-order valence-corrected chi connectivity index (χ3v) is 5.54. The van der Waals surface area contributed by atoms with Crippen LogP contribution >= 0.6 is 0 Å². The molecule has 0 spiro atoms. The number of aromatic amines is 2. The SMILES string of the molecule is O=C(O)c1c(NS(=O)(=O)c2ccccc2)[nH]c2c(=O)[nH]c3ccccc3c12. The van der Waals surface area contributed by atoms with Gasteiger partial charge in [-0.15, -0.1) is 0 Å². The van der Waals surface area contributed by atoms with Crippen molar-refractivity contribution in [3.05, 3.63) is 70.5 Å². The summed E-state index contributed by atoms with van der Waals surface area (Å²) in [5.74, 6) is -1.63. The quantitative estimate of drug-likeness (QED) is 0.430. The fraction of sp³-hybridized carbons (Fsp3) is 0. The number of anilines is 1. The van der Waals surface area contributed by atoms with E-state index in [1.54, 1.807) is 42.5 Å². The van der Waals surface area contributed by atoms with Gasteiger partial charge in [0.2, 0.25) is 0 Å². The first-order chi connectivity index (χ1) is 12.9. The number of nitrogens with one attached hydrogen (secondary N) is 3. The highest BCUT2D eigenvalue weighted by Crippen LogP contribution is 2.31. The van der Waals surface area contributed by atoms with Crippen LogP contribution in [0.1, 0.15) is 10.4 Å². The molecule has 2 aromatic heterocycles. The standard InChI is InChI=1S/C18H13N3O5S/c22-17-15-13(11-8-4-5-9-12(11)19-17)14(18(23)24)16(20-15)21-27(25,26)10-6-2-1-3-7-10/h1-9,20-21H,(H,19,22)(H,23,24). The maximum absolute atomic E-state index is 12.6. The molecule has 0 saturated carbocycles. The van der Waals surface area contributed by atoms with E-state index in [0.29, 0.717) is 10.9 Å². The third-order valence-electron chi connectivity index (χ3n) is 4.18. The highest BCUT2D eigenvalue weighted by molar-refractivity contribution is 7.92. The smallest absolute Gasteiger partial charge is 0.340 e. The monoisotopic (exact) mass is 383 g/mol. The van der Waals surface area contributed by atoms with E-state index in [1.807, 2.05) is 0 Å². The lowest BCUT2D eigenvalue weighted by Gasteiger charge is -2.07. The Balaban J connectivity index is 2.01. The molecule has 0 unspecified atom stereocenters. The Hall–Kier alpha value is -3.59. The largest absolute Gasteiger partial charge is 0.478 e. The zero-order chi connectivity index (χ0) is 19.2. The Labute approximate surface area is 152 Å². The van der Waals surface area contributed by atoms with Crippen molar-refractivity contribution in [1.82, 2.24) is 9.97 Å². The van der Waals surface area contributed by atoms with Crippen molar-refractivity contribution in [3.63, 3.8) is 0 Å². The molecule has 136 valence electrons. The fourth-order valence-corrected chi connectivity index (χ4v) is 4.07. The summed E-state index contributed by atoms with van der Waals surface area (Å²) in [7, 11) is -4.04. The number of fused-ring (bicyclic) bond motifs is 3. The Morgan fingerprint density at radius 2 is 1.63 bits per heavy atom. The fourth-order valence-electron chi connectivity index (χ4n) is 3.02. The maximum Gasteiger partial charge on any atom is 0.340 e. The Morgan fingerprint density at radius 3 is 2.33 bits per heavy atom. The van der Waals surface area contributed by atoms with E-state index in [-0.39, 0.29) is 27.2 Å². The van der Waals surface area contributed by atoms with Gasteiger partial charge in [0.25, 0.3) is 15.6 Å². The zero-order valence-electron chi connectivity index (χ0n) is 13.7. The molecule has 0 aliphatic rings. The molecule has 27 heavy (non-hydrogen) atoms. The highest BCUT2D eigenvalue weighted by Gasteiger charge is 2.25. The summed E-state index contributed by atoms with van der Waals surface area (Å²) in [4.78, 5) is 29.5. The summed E-state index contributed by atoms with van der Waals surface area (Å²) in [6, 6.07) is 14.2. The molecule has 0 bridgehead atoms. The molecule has 8 nitrogen and oxygen atoms in total. The molecule has 0 atom stereocenters. The number of carboxylic acid groups (broad SMARTS) is 1. The number of pyridine rings is 1. The minimum Gasteiger partial charge on any atom is -0.478 e. The van der Waals surface area contributed by atoms with Crippen LogP contribution in [0.2, 0.25) is 0 Å². The van der Waals surface area contributed by atoms with Crippen LogP contribution in [0.15, 0.2) is 64.3 Å². The molecule has 2 heterocycles. The molecule has 2 aromatic carbocycles. The number of rotatable bonds is 4. The lowest BCUT2D eigenvalue weighted by Crippen LogP contribution is -2.15. The van der Waals surface area contributed by atoms with Gasteiger partial charge in [-0.05, 0) is 18.2 Å². The Kier molecular flexibility index (Phi) is 3.74. The van der Waals surface area contributed by atoms with Crippen molar-refractivity contribution in [2.75, 3.05) is 4.72 Å². The molecular weight excluding hydrogens is 370 g/mol. The average molecular weight is 383 g/mol. The predicted octanol–water partition coefficient (Wildman–Crippen LogP) is 2.51. The minimum atomic E-state index is -4.04. The van der Waals surface area contributed by atoms with Gasteiger partial charge >= 0.3 is 5.97 Å². The van der Waals surface area contributed by atoms with Crippen molar-refractivity contribution in [3.8, 4) is 0 Å². The Bertz CT molecular complexity index is 1350. The predicted molar refractivity (Wildman–Crippen MR) is 101 cm³/mol. The average Bonchev–Trinajstić information content (AvgIpc) is 3.02. The van der Waals surface area contributed by atoms with E-state index in [9.17, 15) is 23.1 Å². The van der Waals surface area contributed by atoms with Crippen LogP contribution in [0.4, 0.5) is 5.82 Å². The van der Waals surface area contributed by atoms with Gasteiger partial charge in [-0.1, -0.05) is 36.4 Å². The number of H-pyrrole nitrogens is 2. The lowest BCUT2D eigenvalue weighted by atomic mass is 10.1. The van der Waals surface area contributed by atoms with E-state index in [1.165, 1.54) is 12.1 Å². The van der Waals surface area contributed by atoms with Gasteiger partial charge in [-0.3, -0.25) is 9.52 Å². The van der Waals surface area contributed by atoms with Crippen molar-refractivity contribution < 1.29 is 18.3 Å². The van der Waals surface area contributed by atoms with Gasteiger partial charge in [0.1, 0.15) is 16.9 Å². The topological polar surface area (TPSA) is 132 Å². The molecule has 4 rings (SSSR count). The van der Waals surface area contributed by atoms with Crippen LogP contribution in [0.5, 0.6) is 0 Å². The second-order valence-electron chi connectivity index (χ2n) is 5.85. The van der Waals surface area contributed by atoms with Crippen molar-refractivity contribution in [2.24, 2.45) is 0 Å². The van der Waals surface area contributed by atoms with Crippen LogP contribution < -0.4 is 10.3 Å². The summed E-state index contributed by atoms with van der Waals surface area (Å²) in [5.41, 5.74) is -0.422. The van der Waals surface area contributed by atoms with Crippen LogP contribution in [-0.2, 0) is 10.0 Å². The number of aromatic nitrogens is 2. The highest BCUT2D eigenvalue weighted by atomic mass is 32.2. The van der Waals surface area contributed by atoms with Crippen LogP contribution in [-0.4, -0.2) is 29.5 Å². The third kappa shape index (κ3) is 2.74. The van der Waals surface area contributed by atoms with Gasteiger partial charge in [0.05, 0.1) is 4.90 Å². The molecule has 4 aromatic rings. The minimum absolute atomic E-state index is 0.0168. The number of hydrogen-bond acceptors (Lipinski definition) is 4. The van der Waals surface area contributed by atoms with E-state index >= 15 is 0 Å².